The molecule has 0 fully saturated rings. The van der Waals surface area contributed by atoms with Crippen LogP contribution in [0, 0.1) is 0 Å². The minimum absolute atomic E-state index is 0.216. The van der Waals surface area contributed by atoms with E-state index in [4.69, 9.17) is 5.73 Å². The van der Waals surface area contributed by atoms with Gasteiger partial charge in [0.1, 0.15) is 10.7 Å². The maximum Gasteiger partial charge on any atom is 0.265 e. The minimum atomic E-state index is -0.216. The number of nitrogens with zero attached hydrogens (tertiary/aromatic N) is 4. The van der Waals surface area contributed by atoms with Crippen molar-refractivity contribution in [2.24, 2.45) is 7.05 Å². The van der Waals surface area contributed by atoms with Crippen LogP contribution in [-0.2, 0) is 13.6 Å². The number of rotatable bonds is 6. The van der Waals surface area contributed by atoms with Gasteiger partial charge in [-0.05, 0) is 12.5 Å². The number of aryl methyl sites for hydroxylation is 1. The van der Waals surface area contributed by atoms with Gasteiger partial charge in [0.25, 0.3) is 5.91 Å². The van der Waals surface area contributed by atoms with Crippen molar-refractivity contribution in [3.8, 4) is 0 Å². The summed E-state index contributed by atoms with van der Waals surface area (Å²) in [5.41, 5.74) is 6.64. The van der Waals surface area contributed by atoms with Crippen LogP contribution in [0.1, 0.15) is 28.7 Å². The molecule has 2 rings (SSSR count). The molecule has 0 aliphatic rings. The molecule has 0 aliphatic heterocycles. The molecule has 114 valence electrons. The van der Waals surface area contributed by atoms with Crippen molar-refractivity contribution in [2.45, 2.75) is 19.9 Å². The van der Waals surface area contributed by atoms with E-state index in [1.54, 1.807) is 4.68 Å². The van der Waals surface area contributed by atoms with Gasteiger partial charge in [-0.3, -0.25) is 9.48 Å². The van der Waals surface area contributed by atoms with E-state index >= 15 is 0 Å². The maximum atomic E-state index is 12.2. The molecule has 2 aromatic heterocycles. The van der Waals surface area contributed by atoms with E-state index in [-0.39, 0.29) is 11.7 Å². The van der Waals surface area contributed by atoms with E-state index in [1.165, 1.54) is 11.3 Å². The Bertz CT molecular complexity index is 620. The van der Waals surface area contributed by atoms with E-state index in [9.17, 15) is 4.79 Å². The molecule has 0 atom stereocenters. The van der Waals surface area contributed by atoms with Gasteiger partial charge in [0.2, 0.25) is 0 Å². The van der Waals surface area contributed by atoms with E-state index in [0.717, 1.165) is 23.8 Å². The summed E-state index contributed by atoms with van der Waals surface area (Å²) < 4.78 is 1.69. The van der Waals surface area contributed by atoms with Gasteiger partial charge in [-0.1, -0.05) is 18.3 Å². The van der Waals surface area contributed by atoms with Crippen LogP contribution in [0.5, 0.6) is 0 Å². The molecule has 2 aromatic rings. The molecular weight excluding hydrogens is 288 g/mol. The molecule has 0 aliphatic carbocycles. The minimum Gasteiger partial charge on any atom is -0.382 e. The Hall–Kier alpha value is -2.09. The van der Waals surface area contributed by atoms with Crippen molar-refractivity contribution in [1.82, 2.24) is 20.1 Å². The summed E-state index contributed by atoms with van der Waals surface area (Å²) in [5.74, 6) is 0.0586. The number of carbonyl (C=O) groups excluding carboxylic acids is 1. The maximum absolute atomic E-state index is 12.2. The molecule has 0 unspecified atom stereocenters. The van der Waals surface area contributed by atoms with Gasteiger partial charge in [-0.25, -0.2) is 4.98 Å². The van der Waals surface area contributed by atoms with Crippen molar-refractivity contribution >= 4 is 28.2 Å². The predicted octanol–water partition coefficient (Wildman–Crippen LogP) is 1.23. The van der Waals surface area contributed by atoms with Gasteiger partial charge in [-0.15, -0.1) is 0 Å². The first-order valence-corrected chi connectivity index (χ1v) is 7.57. The van der Waals surface area contributed by atoms with Crippen molar-refractivity contribution in [2.75, 3.05) is 24.2 Å². The second kappa shape index (κ2) is 6.57. The summed E-state index contributed by atoms with van der Waals surface area (Å²) in [5, 5.41) is 7.78. The highest BCUT2D eigenvalue weighted by Crippen LogP contribution is 2.27. The zero-order chi connectivity index (χ0) is 15.4. The van der Waals surface area contributed by atoms with E-state index in [0.29, 0.717) is 11.4 Å². The number of nitrogens with one attached hydrogen (secondary N) is 1. The van der Waals surface area contributed by atoms with Crippen LogP contribution < -0.4 is 16.0 Å². The van der Waals surface area contributed by atoms with Crippen molar-refractivity contribution < 1.29 is 4.79 Å². The van der Waals surface area contributed by atoms with Crippen LogP contribution in [-0.4, -0.2) is 34.3 Å². The topological polar surface area (TPSA) is 89.1 Å². The fourth-order valence-electron chi connectivity index (χ4n) is 1.89. The highest BCUT2D eigenvalue weighted by molar-refractivity contribution is 7.18. The van der Waals surface area contributed by atoms with Gasteiger partial charge in [-0.2, -0.15) is 5.10 Å². The number of anilines is 2. The van der Waals surface area contributed by atoms with Crippen LogP contribution in [0.15, 0.2) is 12.3 Å². The van der Waals surface area contributed by atoms with Gasteiger partial charge in [0.15, 0.2) is 5.13 Å². The van der Waals surface area contributed by atoms with Gasteiger partial charge in [0.05, 0.1) is 12.2 Å². The Morgan fingerprint density at radius 3 is 2.95 bits per heavy atom. The number of hydrogen-bond acceptors (Lipinski definition) is 6. The Labute approximate surface area is 127 Å². The molecule has 3 N–H and O–H groups in total. The summed E-state index contributed by atoms with van der Waals surface area (Å²) >= 11 is 1.31. The number of thiazole rings is 1. The van der Waals surface area contributed by atoms with Crippen molar-refractivity contribution in [1.29, 1.82) is 0 Å². The van der Waals surface area contributed by atoms with Crippen LogP contribution in [0.4, 0.5) is 10.9 Å². The predicted molar refractivity (Wildman–Crippen MR) is 84.5 cm³/mol. The van der Waals surface area contributed by atoms with Crippen LogP contribution >= 0.6 is 11.3 Å². The molecule has 0 saturated carbocycles. The number of aromatic nitrogens is 3. The normalized spacial score (nSPS) is 10.6. The molecular formula is C13H20N6OS. The van der Waals surface area contributed by atoms with Crippen LogP contribution in [0.3, 0.4) is 0 Å². The fourth-order valence-corrected chi connectivity index (χ4v) is 2.77. The van der Waals surface area contributed by atoms with Gasteiger partial charge in [0, 0.05) is 26.8 Å². The summed E-state index contributed by atoms with van der Waals surface area (Å²) in [6.45, 7) is 3.34. The third kappa shape index (κ3) is 3.72. The monoisotopic (exact) mass is 308 g/mol. The fraction of sp³-hybridized carbons (Fsp3) is 0.462. The molecule has 8 heteroatoms. The third-order valence-electron chi connectivity index (χ3n) is 2.93. The first-order chi connectivity index (χ1) is 10.0. The molecule has 1 amide bonds. The first kappa shape index (κ1) is 15.3. The highest BCUT2D eigenvalue weighted by atomic mass is 32.1. The second-order valence-corrected chi connectivity index (χ2v) is 5.77. The average molecular weight is 308 g/mol. The molecule has 2 heterocycles. The molecule has 7 nitrogen and oxygen atoms in total. The summed E-state index contributed by atoms with van der Waals surface area (Å²) in [4.78, 5) is 18.9. The van der Waals surface area contributed by atoms with Crippen LogP contribution in [0.25, 0.3) is 0 Å². The number of hydrogen-bond donors (Lipinski definition) is 2. The molecule has 21 heavy (non-hydrogen) atoms. The molecule has 0 spiro atoms. The van der Waals surface area contributed by atoms with Crippen LogP contribution in [0.2, 0.25) is 0 Å². The Balaban J connectivity index is 2.02. The van der Waals surface area contributed by atoms with E-state index in [2.05, 4.69) is 22.3 Å². The highest BCUT2D eigenvalue weighted by Gasteiger charge is 2.17. The summed E-state index contributed by atoms with van der Waals surface area (Å²) in [6, 6.07) is 1.86. The Morgan fingerprint density at radius 2 is 2.33 bits per heavy atom. The molecule has 0 bridgehead atoms. The lowest BCUT2D eigenvalue weighted by atomic mass is 10.4. The SMILES string of the molecule is CCCN(C)c1nc(N)c(C(=O)NCc2ccn(C)n2)s1. The summed E-state index contributed by atoms with van der Waals surface area (Å²) in [7, 11) is 3.78. The van der Waals surface area contributed by atoms with Crippen molar-refractivity contribution in [3.63, 3.8) is 0 Å². The lowest BCUT2D eigenvalue weighted by Gasteiger charge is -2.13. The second-order valence-electron chi connectivity index (χ2n) is 4.80. The van der Waals surface area contributed by atoms with E-state index < -0.39 is 0 Å². The number of nitrogen functional groups attached to an aromatic ring is 1. The summed E-state index contributed by atoms with van der Waals surface area (Å²) in [6.07, 6.45) is 2.84. The van der Waals surface area contributed by atoms with Crippen molar-refractivity contribution in [3.05, 3.63) is 22.8 Å². The quantitative estimate of drug-likeness (QED) is 0.838. The molecule has 0 radical (unpaired) electrons. The zero-order valence-electron chi connectivity index (χ0n) is 12.5. The zero-order valence-corrected chi connectivity index (χ0v) is 13.3. The molecule has 0 saturated heterocycles. The van der Waals surface area contributed by atoms with Gasteiger partial charge >= 0.3 is 0 Å². The largest absolute Gasteiger partial charge is 0.382 e. The standard InChI is InChI=1S/C13H20N6OS/c1-4-6-18(2)13-16-11(14)10(21-13)12(20)15-8-9-5-7-19(3)17-9/h5,7H,4,6,8,14H2,1-3H3,(H,15,20). The lowest BCUT2D eigenvalue weighted by Crippen LogP contribution is -2.23. The smallest absolute Gasteiger partial charge is 0.265 e. The Morgan fingerprint density at radius 1 is 1.57 bits per heavy atom. The van der Waals surface area contributed by atoms with E-state index in [1.807, 2.05) is 31.3 Å². The van der Waals surface area contributed by atoms with Gasteiger partial charge < -0.3 is 16.0 Å². The molecule has 0 aromatic carbocycles. The number of carbonyl (C=O) groups is 1. The Kier molecular flexibility index (Phi) is 4.79. The number of nitrogens with two attached hydrogens (primary N) is 1. The number of amides is 1. The average Bonchev–Trinajstić information content (AvgIpc) is 3.02. The third-order valence-corrected chi connectivity index (χ3v) is 4.12. The lowest BCUT2D eigenvalue weighted by molar-refractivity contribution is 0.0955. The first-order valence-electron chi connectivity index (χ1n) is 6.75.